The van der Waals surface area contributed by atoms with Gasteiger partial charge in [-0.15, -0.1) is 0 Å². The molecule has 2 atom stereocenters. The van der Waals surface area contributed by atoms with Crippen molar-refractivity contribution < 1.29 is 15.3 Å². The molecule has 1 aromatic rings. The zero-order chi connectivity index (χ0) is 9.84. The number of aliphatic hydroxyl groups is 2. The molecule has 0 bridgehead atoms. The van der Waals surface area contributed by atoms with Crippen LogP contribution in [0.25, 0.3) is 0 Å². The zero-order valence-corrected chi connectivity index (χ0v) is 7.51. The fraction of sp³-hybridized carbons (Fsp3) is 0.400. The largest absolute Gasteiger partial charge is 0.508 e. The predicted octanol–water partition coefficient (Wildman–Crippen LogP) is 0.676. The summed E-state index contributed by atoms with van der Waals surface area (Å²) < 4.78 is 0. The van der Waals surface area contributed by atoms with Crippen molar-refractivity contribution in [3.8, 4) is 5.75 Å². The van der Waals surface area contributed by atoms with Crippen molar-refractivity contribution in [2.45, 2.75) is 25.6 Å². The lowest BCUT2D eigenvalue weighted by Gasteiger charge is -2.13. The van der Waals surface area contributed by atoms with Crippen LogP contribution in [0.3, 0.4) is 0 Å². The Balaban J connectivity index is 2.59. The minimum atomic E-state index is -0.746. The monoisotopic (exact) mass is 182 g/mol. The molecule has 0 spiro atoms. The number of rotatable bonds is 3. The lowest BCUT2D eigenvalue weighted by atomic mass is 10.0. The van der Waals surface area contributed by atoms with E-state index in [1.165, 1.54) is 0 Å². The quantitative estimate of drug-likeness (QED) is 0.644. The molecule has 0 saturated heterocycles. The molecule has 0 fully saturated rings. The third kappa shape index (κ3) is 3.05. The first kappa shape index (κ1) is 10.0. The van der Waals surface area contributed by atoms with Crippen LogP contribution in [0.1, 0.15) is 12.5 Å². The molecule has 0 heterocycles. The number of hydrogen-bond acceptors (Lipinski definition) is 3. The molecule has 1 aromatic carbocycles. The molecule has 0 aromatic heterocycles. The highest BCUT2D eigenvalue weighted by Crippen LogP contribution is 2.12. The Hall–Kier alpha value is -1.06. The lowest BCUT2D eigenvalue weighted by Crippen LogP contribution is -2.24. The maximum absolute atomic E-state index is 9.34. The molecule has 0 aliphatic carbocycles. The van der Waals surface area contributed by atoms with Crippen molar-refractivity contribution in [3.05, 3.63) is 29.8 Å². The van der Waals surface area contributed by atoms with Gasteiger partial charge in [0.25, 0.3) is 0 Å². The fourth-order valence-electron chi connectivity index (χ4n) is 1.04. The molecule has 72 valence electrons. The number of aliphatic hydroxyl groups excluding tert-OH is 2. The van der Waals surface area contributed by atoms with Crippen molar-refractivity contribution in [1.29, 1.82) is 0 Å². The molecule has 0 amide bonds. The molecule has 0 unspecified atom stereocenters. The van der Waals surface area contributed by atoms with Gasteiger partial charge in [0.1, 0.15) is 5.75 Å². The Kier molecular flexibility index (Phi) is 3.28. The smallest absolute Gasteiger partial charge is 0.115 e. The average molecular weight is 182 g/mol. The SMILES string of the molecule is C[C@H](O)[C@H](O)Cc1ccc(O)cc1. The molecule has 0 aliphatic heterocycles. The summed E-state index contributed by atoms with van der Waals surface area (Å²) in [6.45, 7) is 1.55. The first-order valence-corrected chi connectivity index (χ1v) is 4.23. The van der Waals surface area contributed by atoms with E-state index in [0.29, 0.717) is 6.42 Å². The highest BCUT2D eigenvalue weighted by Gasteiger charge is 2.10. The van der Waals surface area contributed by atoms with Crippen LogP contribution in [-0.4, -0.2) is 27.5 Å². The lowest BCUT2D eigenvalue weighted by molar-refractivity contribution is 0.0319. The molecule has 0 aliphatic rings. The van der Waals surface area contributed by atoms with Gasteiger partial charge in [-0.05, 0) is 24.6 Å². The average Bonchev–Trinajstić information content (AvgIpc) is 2.08. The minimum Gasteiger partial charge on any atom is -0.508 e. The van der Waals surface area contributed by atoms with Crippen molar-refractivity contribution in [2.24, 2.45) is 0 Å². The molecule has 0 radical (unpaired) electrons. The maximum atomic E-state index is 9.34. The molecule has 13 heavy (non-hydrogen) atoms. The second-order valence-electron chi connectivity index (χ2n) is 3.18. The summed E-state index contributed by atoms with van der Waals surface area (Å²) >= 11 is 0. The van der Waals surface area contributed by atoms with Crippen LogP contribution in [0, 0.1) is 0 Å². The summed E-state index contributed by atoms with van der Waals surface area (Å²) in [6.07, 6.45) is -1.07. The Morgan fingerprint density at radius 2 is 1.69 bits per heavy atom. The van der Waals surface area contributed by atoms with Gasteiger partial charge in [-0.25, -0.2) is 0 Å². The fourth-order valence-corrected chi connectivity index (χ4v) is 1.04. The van der Waals surface area contributed by atoms with Gasteiger partial charge >= 0.3 is 0 Å². The van der Waals surface area contributed by atoms with Gasteiger partial charge in [0, 0.05) is 6.42 Å². The molecule has 1 rings (SSSR count). The van der Waals surface area contributed by atoms with Gasteiger partial charge in [0.2, 0.25) is 0 Å². The summed E-state index contributed by atoms with van der Waals surface area (Å²) in [5, 5.41) is 27.4. The molecule has 3 nitrogen and oxygen atoms in total. The van der Waals surface area contributed by atoms with Gasteiger partial charge in [0.15, 0.2) is 0 Å². The van der Waals surface area contributed by atoms with E-state index in [-0.39, 0.29) is 5.75 Å². The normalized spacial score (nSPS) is 15.3. The third-order valence-corrected chi connectivity index (χ3v) is 1.94. The van der Waals surface area contributed by atoms with E-state index in [4.69, 9.17) is 10.2 Å². The van der Waals surface area contributed by atoms with E-state index in [1.54, 1.807) is 31.2 Å². The number of aromatic hydroxyl groups is 1. The van der Waals surface area contributed by atoms with Crippen molar-refractivity contribution in [1.82, 2.24) is 0 Å². The number of phenols is 1. The molecular weight excluding hydrogens is 168 g/mol. The first-order valence-electron chi connectivity index (χ1n) is 4.23. The second kappa shape index (κ2) is 4.25. The Bertz CT molecular complexity index is 253. The Labute approximate surface area is 77.3 Å². The van der Waals surface area contributed by atoms with E-state index in [2.05, 4.69) is 0 Å². The van der Waals surface area contributed by atoms with Crippen molar-refractivity contribution in [3.63, 3.8) is 0 Å². The molecule has 3 N–H and O–H groups in total. The van der Waals surface area contributed by atoms with Crippen LogP contribution < -0.4 is 0 Å². The topological polar surface area (TPSA) is 60.7 Å². The van der Waals surface area contributed by atoms with Crippen LogP contribution in [0.4, 0.5) is 0 Å². The van der Waals surface area contributed by atoms with Crippen LogP contribution in [0.15, 0.2) is 24.3 Å². The predicted molar refractivity (Wildman–Crippen MR) is 49.5 cm³/mol. The summed E-state index contributed by atoms with van der Waals surface area (Å²) in [4.78, 5) is 0. The maximum Gasteiger partial charge on any atom is 0.115 e. The van der Waals surface area contributed by atoms with Gasteiger partial charge in [-0.2, -0.15) is 0 Å². The standard InChI is InChI=1S/C10H14O3/c1-7(11)10(13)6-8-2-4-9(12)5-3-8/h2-5,7,10-13H,6H2,1H3/t7-,10+/m0/s1. The summed E-state index contributed by atoms with van der Waals surface area (Å²) in [5.74, 6) is 0.204. The molecule has 0 saturated carbocycles. The number of hydrogen-bond donors (Lipinski definition) is 3. The van der Waals surface area contributed by atoms with Gasteiger partial charge in [-0.3, -0.25) is 0 Å². The Morgan fingerprint density at radius 1 is 1.15 bits per heavy atom. The summed E-state index contributed by atoms with van der Waals surface area (Å²) in [7, 11) is 0. The van der Waals surface area contributed by atoms with Crippen LogP contribution in [0.2, 0.25) is 0 Å². The van der Waals surface area contributed by atoms with Gasteiger partial charge < -0.3 is 15.3 Å². The number of benzene rings is 1. The van der Waals surface area contributed by atoms with Crippen LogP contribution in [0.5, 0.6) is 5.75 Å². The highest BCUT2D eigenvalue weighted by atomic mass is 16.3. The minimum absolute atomic E-state index is 0.204. The van der Waals surface area contributed by atoms with Crippen molar-refractivity contribution >= 4 is 0 Å². The third-order valence-electron chi connectivity index (χ3n) is 1.94. The van der Waals surface area contributed by atoms with Crippen LogP contribution >= 0.6 is 0 Å². The van der Waals surface area contributed by atoms with Gasteiger partial charge in [0.05, 0.1) is 12.2 Å². The molecule has 3 heteroatoms. The van der Waals surface area contributed by atoms with Crippen molar-refractivity contribution in [2.75, 3.05) is 0 Å². The highest BCUT2D eigenvalue weighted by molar-refractivity contribution is 5.26. The van der Waals surface area contributed by atoms with E-state index in [0.717, 1.165) is 5.56 Å². The van der Waals surface area contributed by atoms with E-state index in [9.17, 15) is 5.11 Å². The first-order chi connectivity index (χ1) is 6.09. The van der Waals surface area contributed by atoms with Gasteiger partial charge in [-0.1, -0.05) is 12.1 Å². The number of phenolic OH excluding ortho intramolecular Hbond substituents is 1. The van der Waals surface area contributed by atoms with E-state index >= 15 is 0 Å². The van der Waals surface area contributed by atoms with E-state index in [1.807, 2.05) is 0 Å². The second-order valence-corrected chi connectivity index (χ2v) is 3.18. The van der Waals surface area contributed by atoms with E-state index < -0.39 is 12.2 Å². The summed E-state index contributed by atoms with van der Waals surface area (Å²) in [6, 6.07) is 6.57. The molecular formula is C10H14O3. The summed E-state index contributed by atoms with van der Waals surface area (Å²) in [5.41, 5.74) is 0.895. The van der Waals surface area contributed by atoms with Crippen LogP contribution in [-0.2, 0) is 6.42 Å². The Morgan fingerprint density at radius 3 is 2.15 bits per heavy atom. The zero-order valence-electron chi connectivity index (χ0n) is 7.51.